The lowest BCUT2D eigenvalue weighted by Gasteiger charge is -2.32. The van der Waals surface area contributed by atoms with Crippen molar-refractivity contribution < 1.29 is 9.47 Å². The molecule has 2 heterocycles. The third kappa shape index (κ3) is 2.57. The molecule has 1 aromatic carbocycles. The van der Waals surface area contributed by atoms with Crippen LogP contribution in [0.25, 0.3) is 5.69 Å². The molecule has 0 saturated carbocycles. The smallest absolute Gasteiger partial charge is 0.165 e. The van der Waals surface area contributed by atoms with Crippen LogP contribution in [0.2, 0.25) is 0 Å². The molecule has 124 valence electrons. The first-order valence-corrected chi connectivity index (χ1v) is 7.75. The molecule has 3 rings (SSSR count). The summed E-state index contributed by atoms with van der Waals surface area (Å²) in [6.07, 6.45) is 0.565. The minimum atomic E-state index is -0.362. The van der Waals surface area contributed by atoms with Crippen LogP contribution in [0, 0.1) is 23.7 Å². The maximum absolute atomic E-state index is 9.63. The number of benzene rings is 1. The molecule has 0 radical (unpaired) electrons. The Kier molecular flexibility index (Phi) is 3.90. The van der Waals surface area contributed by atoms with Crippen LogP contribution >= 0.6 is 0 Å². The molecule has 0 amide bonds. The van der Waals surface area contributed by atoms with Crippen LogP contribution in [0.15, 0.2) is 18.2 Å². The van der Waals surface area contributed by atoms with Gasteiger partial charge in [-0.05, 0) is 32.4 Å². The van der Waals surface area contributed by atoms with Crippen molar-refractivity contribution in [2.75, 3.05) is 7.11 Å². The summed E-state index contributed by atoms with van der Waals surface area (Å²) in [7, 11) is 1.58. The van der Waals surface area contributed by atoms with E-state index >= 15 is 0 Å². The van der Waals surface area contributed by atoms with Crippen LogP contribution in [0.5, 0.6) is 5.75 Å². The molecular formula is C18H20N4O2. The number of ether oxygens (including phenoxy) is 2. The SMILES string of the molecule is COc1cccc(C)c1-n1nc2c(c(C#N)c1=N)CC(C)(C)OC2. The molecule has 0 bridgehead atoms. The first kappa shape index (κ1) is 16.2. The number of nitrogens with zero attached hydrogens (tertiary/aromatic N) is 3. The van der Waals surface area contributed by atoms with Gasteiger partial charge in [-0.15, -0.1) is 0 Å². The number of nitriles is 1. The third-order valence-electron chi connectivity index (χ3n) is 4.27. The highest BCUT2D eigenvalue weighted by molar-refractivity contribution is 5.53. The van der Waals surface area contributed by atoms with Gasteiger partial charge in [0.15, 0.2) is 5.49 Å². The van der Waals surface area contributed by atoms with E-state index in [1.165, 1.54) is 4.68 Å². The minimum Gasteiger partial charge on any atom is -0.494 e. The molecule has 1 aliphatic heterocycles. The molecule has 1 aliphatic rings. The number of para-hydroxylation sites is 1. The van der Waals surface area contributed by atoms with Crippen molar-refractivity contribution >= 4 is 0 Å². The monoisotopic (exact) mass is 324 g/mol. The highest BCUT2D eigenvalue weighted by Gasteiger charge is 2.31. The molecule has 2 aromatic rings. The molecule has 0 saturated heterocycles. The maximum atomic E-state index is 9.63. The molecule has 1 N–H and O–H groups in total. The van der Waals surface area contributed by atoms with Gasteiger partial charge in [-0.1, -0.05) is 12.1 Å². The number of methoxy groups -OCH3 is 1. The lowest BCUT2D eigenvalue weighted by Crippen LogP contribution is -2.37. The highest BCUT2D eigenvalue weighted by Crippen LogP contribution is 2.29. The van der Waals surface area contributed by atoms with Crippen molar-refractivity contribution in [1.29, 1.82) is 10.7 Å². The average molecular weight is 324 g/mol. The number of aromatic nitrogens is 2. The number of nitrogens with one attached hydrogen (secondary N) is 1. The van der Waals surface area contributed by atoms with Gasteiger partial charge in [0.1, 0.15) is 23.1 Å². The predicted molar refractivity (Wildman–Crippen MR) is 88.0 cm³/mol. The van der Waals surface area contributed by atoms with Crippen molar-refractivity contribution in [2.45, 2.75) is 39.4 Å². The zero-order valence-electron chi connectivity index (χ0n) is 14.3. The molecule has 0 unspecified atom stereocenters. The van der Waals surface area contributed by atoms with E-state index in [1.807, 2.05) is 39.0 Å². The van der Waals surface area contributed by atoms with E-state index in [0.29, 0.717) is 35.7 Å². The van der Waals surface area contributed by atoms with Crippen LogP contribution in [0.1, 0.15) is 36.2 Å². The Labute approximate surface area is 140 Å². The van der Waals surface area contributed by atoms with E-state index in [2.05, 4.69) is 11.2 Å². The fraction of sp³-hybridized carbons (Fsp3) is 0.389. The Morgan fingerprint density at radius 3 is 2.83 bits per heavy atom. The average Bonchev–Trinajstić information content (AvgIpc) is 2.54. The van der Waals surface area contributed by atoms with Gasteiger partial charge in [0.05, 0.1) is 25.0 Å². The topological polar surface area (TPSA) is 83.9 Å². The van der Waals surface area contributed by atoms with Crippen molar-refractivity contribution in [3.63, 3.8) is 0 Å². The van der Waals surface area contributed by atoms with E-state index in [1.54, 1.807) is 7.11 Å². The third-order valence-corrected chi connectivity index (χ3v) is 4.27. The molecule has 0 atom stereocenters. The molecule has 1 aromatic heterocycles. The first-order valence-electron chi connectivity index (χ1n) is 7.75. The van der Waals surface area contributed by atoms with Crippen LogP contribution < -0.4 is 10.2 Å². The van der Waals surface area contributed by atoms with Gasteiger partial charge in [0.25, 0.3) is 0 Å². The fourth-order valence-electron chi connectivity index (χ4n) is 3.02. The van der Waals surface area contributed by atoms with Crippen molar-refractivity contribution in [3.05, 3.63) is 46.1 Å². The number of fused-ring (bicyclic) bond motifs is 1. The normalized spacial score (nSPS) is 15.5. The molecule has 0 fully saturated rings. The van der Waals surface area contributed by atoms with E-state index in [-0.39, 0.29) is 11.1 Å². The summed E-state index contributed by atoms with van der Waals surface area (Å²) < 4.78 is 12.7. The first-order chi connectivity index (χ1) is 11.4. The van der Waals surface area contributed by atoms with Gasteiger partial charge in [-0.2, -0.15) is 10.4 Å². The van der Waals surface area contributed by atoms with Crippen LogP contribution in [-0.2, 0) is 17.8 Å². The lowest BCUT2D eigenvalue weighted by molar-refractivity contribution is -0.0428. The second-order valence-corrected chi connectivity index (χ2v) is 6.52. The summed E-state index contributed by atoms with van der Waals surface area (Å²) in [5, 5.41) is 22.7. The summed E-state index contributed by atoms with van der Waals surface area (Å²) in [6.45, 7) is 6.21. The van der Waals surface area contributed by atoms with E-state index < -0.39 is 0 Å². The molecule has 24 heavy (non-hydrogen) atoms. The van der Waals surface area contributed by atoms with Crippen LogP contribution in [0.3, 0.4) is 0 Å². The Morgan fingerprint density at radius 2 is 2.17 bits per heavy atom. The Hall–Kier alpha value is -2.65. The zero-order valence-corrected chi connectivity index (χ0v) is 14.3. The quantitative estimate of drug-likeness (QED) is 0.919. The Morgan fingerprint density at radius 1 is 1.42 bits per heavy atom. The van der Waals surface area contributed by atoms with Gasteiger partial charge < -0.3 is 9.47 Å². The number of rotatable bonds is 2. The standard InChI is InChI=1S/C18H20N4O2/c1-11-6-5-7-15(23-4)16(11)22-17(20)13(9-19)12-8-18(2,3)24-10-14(12)21-22/h5-7,20H,8,10H2,1-4H3. The van der Waals surface area contributed by atoms with Crippen molar-refractivity contribution in [2.24, 2.45) is 0 Å². The summed E-state index contributed by atoms with van der Waals surface area (Å²) in [5.74, 6) is 0.613. The minimum absolute atomic E-state index is 0.0709. The highest BCUT2D eigenvalue weighted by atomic mass is 16.5. The Balaban J connectivity index is 2.31. The maximum Gasteiger partial charge on any atom is 0.165 e. The van der Waals surface area contributed by atoms with Crippen LogP contribution in [-0.4, -0.2) is 22.5 Å². The van der Waals surface area contributed by atoms with Gasteiger partial charge in [-0.3, -0.25) is 5.41 Å². The fourth-order valence-corrected chi connectivity index (χ4v) is 3.02. The number of aryl methyl sites for hydroxylation is 1. The van der Waals surface area contributed by atoms with E-state index in [9.17, 15) is 5.26 Å². The predicted octanol–water partition coefficient (Wildman–Crippen LogP) is 2.39. The van der Waals surface area contributed by atoms with Crippen molar-refractivity contribution in [1.82, 2.24) is 9.78 Å². The van der Waals surface area contributed by atoms with E-state index in [4.69, 9.17) is 14.9 Å². The summed E-state index contributed by atoms with van der Waals surface area (Å²) in [6, 6.07) is 7.82. The molecule has 0 aliphatic carbocycles. The molecule has 6 nitrogen and oxygen atoms in total. The summed E-state index contributed by atoms with van der Waals surface area (Å²) >= 11 is 0. The summed E-state index contributed by atoms with van der Waals surface area (Å²) in [5.41, 5.74) is 3.16. The number of hydrogen-bond donors (Lipinski definition) is 1. The molecule has 0 spiro atoms. The summed E-state index contributed by atoms with van der Waals surface area (Å²) in [4.78, 5) is 0. The van der Waals surface area contributed by atoms with Gasteiger partial charge in [-0.25, -0.2) is 4.68 Å². The number of hydrogen-bond acceptors (Lipinski definition) is 5. The Bertz CT molecular complexity index is 906. The molecule has 6 heteroatoms. The lowest BCUT2D eigenvalue weighted by atomic mass is 9.92. The largest absolute Gasteiger partial charge is 0.494 e. The second kappa shape index (κ2) is 5.77. The van der Waals surface area contributed by atoms with Gasteiger partial charge >= 0.3 is 0 Å². The van der Waals surface area contributed by atoms with Crippen LogP contribution in [0.4, 0.5) is 0 Å². The van der Waals surface area contributed by atoms with Gasteiger partial charge in [0.2, 0.25) is 0 Å². The zero-order chi connectivity index (χ0) is 17.5. The van der Waals surface area contributed by atoms with Gasteiger partial charge in [0, 0.05) is 12.0 Å². The van der Waals surface area contributed by atoms with E-state index in [0.717, 1.165) is 11.1 Å². The van der Waals surface area contributed by atoms with Crippen molar-refractivity contribution in [3.8, 4) is 17.5 Å². The second-order valence-electron chi connectivity index (χ2n) is 6.52. The molecular weight excluding hydrogens is 304 g/mol.